The van der Waals surface area contributed by atoms with E-state index in [9.17, 15) is 9.18 Å². The molecular formula is C21H27FN4O3. The van der Waals surface area contributed by atoms with E-state index in [1.54, 1.807) is 12.1 Å². The second-order valence-corrected chi connectivity index (χ2v) is 7.60. The molecule has 1 unspecified atom stereocenters. The molecule has 1 N–H and O–H groups in total. The van der Waals surface area contributed by atoms with Crippen molar-refractivity contribution in [3.8, 4) is 11.4 Å². The summed E-state index contributed by atoms with van der Waals surface area (Å²) < 4.78 is 27.5. The van der Waals surface area contributed by atoms with Crippen molar-refractivity contribution in [2.75, 3.05) is 25.1 Å². The first-order chi connectivity index (χ1) is 14.2. The van der Waals surface area contributed by atoms with Crippen LogP contribution in [0, 0.1) is 5.82 Å². The minimum Gasteiger partial charge on any atom is -0.378 e. The predicted octanol–water partition coefficient (Wildman–Crippen LogP) is 3.33. The first-order valence-corrected chi connectivity index (χ1v) is 10.4. The number of amides is 1. The Labute approximate surface area is 169 Å². The lowest BCUT2D eigenvalue weighted by Gasteiger charge is -2.11. The van der Waals surface area contributed by atoms with E-state index in [1.807, 2.05) is 4.57 Å². The van der Waals surface area contributed by atoms with Crippen molar-refractivity contribution in [1.29, 1.82) is 0 Å². The number of anilines is 1. The molecule has 0 aliphatic carbocycles. The van der Waals surface area contributed by atoms with Gasteiger partial charge in [-0.1, -0.05) is 6.42 Å². The largest absolute Gasteiger partial charge is 0.378 e. The van der Waals surface area contributed by atoms with Crippen LogP contribution >= 0.6 is 0 Å². The molecule has 0 radical (unpaired) electrons. The number of benzene rings is 1. The van der Waals surface area contributed by atoms with Gasteiger partial charge in [-0.15, -0.1) is 10.2 Å². The van der Waals surface area contributed by atoms with Crippen LogP contribution in [-0.2, 0) is 27.2 Å². The van der Waals surface area contributed by atoms with Gasteiger partial charge in [-0.25, -0.2) is 4.39 Å². The fourth-order valence-electron chi connectivity index (χ4n) is 3.84. The number of hydrogen-bond acceptors (Lipinski definition) is 5. The third-order valence-corrected chi connectivity index (χ3v) is 5.40. The van der Waals surface area contributed by atoms with E-state index in [0.717, 1.165) is 57.5 Å². The lowest BCUT2D eigenvalue weighted by molar-refractivity contribution is -0.117. The number of aryl methyl sites for hydroxylation is 1. The molecule has 4 rings (SSSR count). The van der Waals surface area contributed by atoms with Gasteiger partial charge in [-0.05, 0) is 43.9 Å². The molecule has 0 saturated carbocycles. The van der Waals surface area contributed by atoms with Crippen molar-refractivity contribution in [2.24, 2.45) is 0 Å². The fraction of sp³-hybridized carbons (Fsp3) is 0.571. The number of carbonyl (C=O) groups is 1. The molecule has 1 saturated heterocycles. The van der Waals surface area contributed by atoms with E-state index in [2.05, 4.69) is 15.5 Å². The molecule has 2 aliphatic heterocycles. The van der Waals surface area contributed by atoms with E-state index in [-0.39, 0.29) is 24.2 Å². The van der Waals surface area contributed by atoms with Gasteiger partial charge < -0.3 is 19.4 Å². The third-order valence-electron chi connectivity index (χ3n) is 5.40. The van der Waals surface area contributed by atoms with Crippen molar-refractivity contribution < 1.29 is 18.7 Å². The van der Waals surface area contributed by atoms with E-state index >= 15 is 0 Å². The van der Waals surface area contributed by atoms with Gasteiger partial charge in [0.15, 0.2) is 5.82 Å². The smallest absolute Gasteiger partial charge is 0.226 e. The van der Waals surface area contributed by atoms with Gasteiger partial charge in [0, 0.05) is 25.3 Å². The average Bonchev–Trinajstić information content (AvgIpc) is 3.31. The summed E-state index contributed by atoms with van der Waals surface area (Å²) in [5, 5.41) is 11.3. The topological polar surface area (TPSA) is 78.3 Å². The van der Waals surface area contributed by atoms with Crippen molar-refractivity contribution >= 4 is 11.6 Å². The number of halogens is 1. The highest BCUT2D eigenvalue weighted by molar-refractivity contribution is 5.91. The minimum absolute atomic E-state index is 0.149. The first-order valence-electron chi connectivity index (χ1n) is 10.4. The van der Waals surface area contributed by atoms with E-state index in [0.29, 0.717) is 30.3 Å². The van der Waals surface area contributed by atoms with Crippen LogP contribution in [-0.4, -0.2) is 46.6 Å². The number of rotatable bonds is 7. The van der Waals surface area contributed by atoms with Gasteiger partial charge in [0.05, 0.1) is 31.3 Å². The lowest BCUT2D eigenvalue weighted by Crippen LogP contribution is -2.18. The molecule has 8 heteroatoms. The van der Waals surface area contributed by atoms with Crippen LogP contribution in [0.4, 0.5) is 10.1 Å². The van der Waals surface area contributed by atoms with Crippen molar-refractivity contribution in [3.05, 3.63) is 29.8 Å². The summed E-state index contributed by atoms with van der Waals surface area (Å²) in [5.41, 5.74) is 0.898. The van der Waals surface area contributed by atoms with E-state index in [4.69, 9.17) is 9.47 Å². The molecule has 1 aromatic carbocycles. The van der Waals surface area contributed by atoms with Crippen LogP contribution in [0.1, 0.15) is 44.3 Å². The summed E-state index contributed by atoms with van der Waals surface area (Å²) in [5.74, 6) is 0.877. The van der Waals surface area contributed by atoms with Crippen LogP contribution in [0.3, 0.4) is 0 Å². The number of nitrogens with zero attached hydrogens (tertiary/aromatic N) is 3. The van der Waals surface area contributed by atoms with Gasteiger partial charge in [-0.3, -0.25) is 4.79 Å². The molecule has 1 aromatic heterocycles. The Morgan fingerprint density at radius 3 is 3.07 bits per heavy atom. The quantitative estimate of drug-likeness (QED) is 0.719. The molecule has 2 aliphatic rings. The fourth-order valence-corrected chi connectivity index (χ4v) is 3.84. The molecule has 1 amide bonds. The molecule has 1 fully saturated rings. The Balaban J connectivity index is 1.37. The maximum atomic E-state index is 14.5. The molecule has 0 spiro atoms. The zero-order chi connectivity index (χ0) is 20.1. The third kappa shape index (κ3) is 5.00. The molecule has 7 nitrogen and oxygen atoms in total. The Hall–Kier alpha value is -2.32. The van der Waals surface area contributed by atoms with Crippen LogP contribution in [0.25, 0.3) is 11.4 Å². The van der Waals surface area contributed by atoms with Crippen LogP contribution in [0.2, 0.25) is 0 Å². The van der Waals surface area contributed by atoms with Crippen molar-refractivity contribution in [3.63, 3.8) is 0 Å². The molecule has 156 valence electrons. The normalized spacial score (nSPS) is 19.0. The lowest BCUT2D eigenvalue weighted by atomic mass is 10.1. The van der Waals surface area contributed by atoms with Crippen LogP contribution in [0.5, 0.6) is 0 Å². The van der Waals surface area contributed by atoms with Gasteiger partial charge >= 0.3 is 0 Å². The molecular weight excluding hydrogens is 375 g/mol. The predicted molar refractivity (Wildman–Crippen MR) is 106 cm³/mol. The zero-order valence-electron chi connectivity index (χ0n) is 16.5. The molecule has 1 atom stereocenters. The number of fused-ring (bicyclic) bond motifs is 1. The van der Waals surface area contributed by atoms with Crippen molar-refractivity contribution in [2.45, 2.75) is 57.6 Å². The number of hydrogen-bond donors (Lipinski definition) is 1. The maximum Gasteiger partial charge on any atom is 0.226 e. The SMILES string of the molecule is O=C(CCOCC1CCCO1)Nc1ccc(F)c(-c2nnc3n2CCCCC3)c1. The van der Waals surface area contributed by atoms with Gasteiger partial charge in [-0.2, -0.15) is 0 Å². The summed E-state index contributed by atoms with van der Waals surface area (Å²) in [7, 11) is 0. The summed E-state index contributed by atoms with van der Waals surface area (Å²) in [6.45, 7) is 2.43. The standard InChI is InChI=1S/C21H27FN4O3/c22-18-8-7-15(23-20(27)9-12-28-14-16-5-4-11-29-16)13-17(18)21-25-24-19-6-2-1-3-10-26(19)21/h7-8,13,16H,1-6,9-12,14H2,(H,23,27). The van der Waals surface area contributed by atoms with Crippen LogP contribution in [0.15, 0.2) is 18.2 Å². The number of ether oxygens (including phenoxy) is 2. The molecule has 2 aromatic rings. The van der Waals surface area contributed by atoms with E-state index < -0.39 is 0 Å². The van der Waals surface area contributed by atoms with Gasteiger partial charge in [0.2, 0.25) is 5.91 Å². The Morgan fingerprint density at radius 1 is 1.28 bits per heavy atom. The maximum absolute atomic E-state index is 14.5. The summed E-state index contributed by atoms with van der Waals surface area (Å²) >= 11 is 0. The summed E-state index contributed by atoms with van der Waals surface area (Å²) in [6, 6.07) is 4.55. The molecule has 3 heterocycles. The highest BCUT2D eigenvalue weighted by Gasteiger charge is 2.19. The Kier molecular flexibility index (Phi) is 6.51. The highest BCUT2D eigenvalue weighted by atomic mass is 19.1. The summed E-state index contributed by atoms with van der Waals surface area (Å²) in [6.07, 6.45) is 6.56. The van der Waals surface area contributed by atoms with E-state index in [1.165, 1.54) is 6.07 Å². The van der Waals surface area contributed by atoms with Crippen LogP contribution < -0.4 is 5.32 Å². The van der Waals surface area contributed by atoms with Gasteiger partial charge in [0.25, 0.3) is 0 Å². The number of carbonyl (C=O) groups excluding carboxylic acids is 1. The Bertz CT molecular complexity index is 848. The molecule has 0 bridgehead atoms. The average molecular weight is 402 g/mol. The summed E-state index contributed by atoms with van der Waals surface area (Å²) in [4.78, 5) is 12.2. The second kappa shape index (κ2) is 9.45. The van der Waals surface area contributed by atoms with Gasteiger partial charge in [0.1, 0.15) is 11.6 Å². The first kappa shape index (κ1) is 20.0. The van der Waals surface area contributed by atoms with Crippen molar-refractivity contribution in [1.82, 2.24) is 14.8 Å². The highest BCUT2D eigenvalue weighted by Crippen LogP contribution is 2.27. The number of nitrogens with one attached hydrogen (secondary N) is 1. The molecule has 29 heavy (non-hydrogen) atoms. The zero-order valence-corrected chi connectivity index (χ0v) is 16.5. The second-order valence-electron chi connectivity index (χ2n) is 7.60. The minimum atomic E-state index is -0.373. The number of aromatic nitrogens is 3. The monoisotopic (exact) mass is 402 g/mol. The Morgan fingerprint density at radius 2 is 2.21 bits per heavy atom.